The van der Waals surface area contributed by atoms with Gasteiger partial charge in [0.25, 0.3) is 0 Å². The van der Waals surface area contributed by atoms with Gasteiger partial charge in [-0.25, -0.2) is 4.79 Å². The molecule has 0 radical (unpaired) electrons. The first-order valence-corrected chi connectivity index (χ1v) is 6.80. The number of halogens is 1. The first kappa shape index (κ1) is 16.8. The minimum atomic E-state index is -0.895. The summed E-state index contributed by atoms with van der Waals surface area (Å²) in [4.78, 5) is 22.4. The lowest BCUT2D eigenvalue weighted by atomic mass is 10.0. The minimum Gasteiger partial charge on any atom is -0.481 e. The van der Waals surface area contributed by atoms with Crippen LogP contribution in [0.2, 0.25) is 5.02 Å². The van der Waals surface area contributed by atoms with E-state index in [1.54, 1.807) is 6.07 Å². The fourth-order valence-corrected chi connectivity index (χ4v) is 1.87. The maximum atomic E-state index is 11.8. The fourth-order valence-electron chi connectivity index (χ4n) is 1.70. The van der Waals surface area contributed by atoms with E-state index in [2.05, 4.69) is 10.6 Å². The highest BCUT2D eigenvalue weighted by molar-refractivity contribution is 6.33. The number of benzene rings is 1. The Balaban J connectivity index is 2.58. The zero-order valence-electron chi connectivity index (χ0n) is 11.5. The monoisotopic (exact) mass is 309 g/mol. The molecule has 6 nitrogen and oxygen atoms in total. The van der Waals surface area contributed by atoms with Crippen LogP contribution in [0.1, 0.15) is 25.3 Å². The van der Waals surface area contributed by atoms with Crippen LogP contribution in [-0.2, 0) is 4.79 Å². The summed E-state index contributed by atoms with van der Waals surface area (Å²) in [7, 11) is 0. The number of urea groups is 1. The molecular formula is C14H16ClN3O3. The number of nitriles is 1. The number of anilines is 1. The van der Waals surface area contributed by atoms with Gasteiger partial charge in [0.05, 0.1) is 22.3 Å². The topological polar surface area (TPSA) is 102 Å². The first-order valence-electron chi connectivity index (χ1n) is 6.42. The summed E-state index contributed by atoms with van der Waals surface area (Å²) in [5.74, 6) is -1.03. The maximum absolute atomic E-state index is 11.8. The maximum Gasteiger partial charge on any atom is 0.319 e. The van der Waals surface area contributed by atoms with E-state index < -0.39 is 12.0 Å². The molecule has 0 saturated heterocycles. The standard InChI is InChI=1S/C14H16ClN3O3/c1-2-9(6-13(19)20)8-17-14(21)18-12-5-10(7-16)3-4-11(12)15/h3-5,9H,2,6,8H2,1H3,(H,19,20)(H2,17,18,21). The molecule has 21 heavy (non-hydrogen) atoms. The molecule has 2 amide bonds. The lowest BCUT2D eigenvalue weighted by Crippen LogP contribution is -2.33. The first-order chi connectivity index (χ1) is 9.96. The quantitative estimate of drug-likeness (QED) is 0.751. The number of hydrogen-bond acceptors (Lipinski definition) is 3. The van der Waals surface area contributed by atoms with E-state index in [0.717, 1.165) is 0 Å². The average molecular weight is 310 g/mol. The van der Waals surface area contributed by atoms with Gasteiger partial charge in [-0.2, -0.15) is 5.26 Å². The molecule has 3 N–H and O–H groups in total. The number of rotatable bonds is 6. The minimum absolute atomic E-state index is 0.00144. The lowest BCUT2D eigenvalue weighted by Gasteiger charge is -2.14. The van der Waals surface area contributed by atoms with E-state index in [9.17, 15) is 9.59 Å². The second kappa shape index (κ2) is 8.12. The van der Waals surface area contributed by atoms with Crippen LogP contribution >= 0.6 is 11.6 Å². The summed E-state index contributed by atoms with van der Waals surface area (Å²) in [6, 6.07) is 6.00. The van der Waals surface area contributed by atoms with E-state index in [1.165, 1.54) is 12.1 Å². The van der Waals surface area contributed by atoms with Crippen molar-refractivity contribution >= 4 is 29.3 Å². The van der Waals surface area contributed by atoms with E-state index in [1.807, 2.05) is 13.0 Å². The van der Waals surface area contributed by atoms with E-state index >= 15 is 0 Å². The van der Waals surface area contributed by atoms with Crippen molar-refractivity contribution in [2.45, 2.75) is 19.8 Å². The van der Waals surface area contributed by atoms with Crippen LogP contribution < -0.4 is 10.6 Å². The molecule has 0 heterocycles. The van der Waals surface area contributed by atoms with Crippen molar-refractivity contribution in [3.8, 4) is 6.07 Å². The van der Waals surface area contributed by atoms with Gasteiger partial charge in [0.2, 0.25) is 0 Å². The summed E-state index contributed by atoms with van der Waals surface area (Å²) in [5, 5.41) is 23.0. The largest absolute Gasteiger partial charge is 0.481 e. The number of aliphatic carboxylic acids is 1. The molecule has 0 aromatic heterocycles. The smallest absolute Gasteiger partial charge is 0.319 e. The molecule has 1 rings (SSSR count). The van der Waals surface area contributed by atoms with Crippen molar-refractivity contribution in [2.75, 3.05) is 11.9 Å². The van der Waals surface area contributed by atoms with E-state index in [0.29, 0.717) is 22.7 Å². The van der Waals surface area contributed by atoms with Gasteiger partial charge in [0.15, 0.2) is 0 Å². The van der Waals surface area contributed by atoms with Crippen molar-refractivity contribution in [2.24, 2.45) is 5.92 Å². The molecule has 0 aliphatic heterocycles. The predicted octanol–water partition coefficient (Wildman–Crippen LogP) is 2.83. The Morgan fingerprint density at radius 1 is 1.48 bits per heavy atom. The number of carboxylic acid groups (broad SMARTS) is 1. The second-order valence-corrected chi connectivity index (χ2v) is 4.92. The van der Waals surface area contributed by atoms with Crippen LogP contribution in [0.5, 0.6) is 0 Å². The highest BCUT2D eigenvalue weighted by Gasteiger charge is 2.13. The highest BCUT2D eigenvalue weighted by Crippen LogP contribution is 2.22. The number of hydrogen-bond donors (Lipinski definition) is 3. The van der Waals surface area contributed by atoms with Crippen LogP contribution in [0.4, 0.5) is 10.5 Å². The average Bonchev–Trinajstić information content (AvgIpc) is 2.45. The molecule has 0 aliphatic rings. The van der Waals surface area contributed by atoms with Crippen LogP contribution in [-0.4, -0.2) is 23.7 Å². The Morgan fingerprint density at radius 3 is 2.76 bits per heavy atom. The van der Waals surface area contributed by atoms with Gasteiger partial charge in [-0.05, 0) is 24.1 Å². The van der Waals surface area contributed by atoms with Crippen LogP contribution in [0, 0.1) is 17.2 Å². The third-order valence-corrected chi connectivity index (χ3v) is 3.27. The molecule has 112 valence electrons. The Bertz CT molecular complexity index is 569. The molecule has 0 bridgehead atoms. The van der Waals surface area contributed by atoms with E-state index in [-0.39, 0.29) is 18.9 Å². The summed E-state index contributed by atoms with van der Waals surface area (Å²) >= 11 is 5.93. The number of carboxylic acids is 1. The summed E-state index contributed by atoms with van der Waals surface area (Å²) in [6.07, 6.45) is 0.651. The molecule has 0 aliphatic carbocycles. The molecule has 0 saturated carbocycles. The Kier molecular flexibility index (Phi) is 6.50. The molecule has 1 aromatic rings. The molecule has 0 spiro atoms. The number of nitrogens with one attached hydrogen (secondary N) is 2. The van der Waals surface area contributed by atoms with Crippen molar-refractivity contribution in [1.82, 2.24) is 5.32 Å². The Hall–Kier alpha value is -2.26. The van der Waals surface area contributed by atoms with Gasteiger partial charge in [-0.3, -0.25) is 4.79 Å². The third-order valence-electron chi connectivity index (χ3n) is 2.94. The molecule has 1 unspecified atom stereocenters. The number of amides is 2. The van der Waals surface area contributed by atoms with Crippen molar-refractivity contribution in [3.63, 3.8) is 0 Å². The SMILES string of the molecule is CCC(CNC(=O)Nc1cc(C#N)ccc1Cl)CC(=O)O. The molecule has 1 aromatic carbocycles. The highest BCUT2D eigenvalue weighted by atomic mass is 35.5. The van der Waals surface area contributed by atoms with Gasteiger partial charge in [-0.1, -0.05) is 24.9 Å². The van der Waals surface area contributed by atoms with Gasteiger partial charge in [0.1, 0.15) is 0 Å². The van der Waals surface area contributed by atoms with Gasteiger partial charge < -0.3 is 15.7 Å². The van der Waals surface area contributed by atoms with Crippen molar-refractivity contribution in [1.29, 1.82) is 5.26 Å². The number of nitrogens with zero attached hydrogens (tertiary/aromatic N) is 1. The summed E-state index contributed by atoms with van der Waals surface area (Å²) < 4.78 is 0. The predicted molar refractivity (Wildman–Crippen MR) is 79.2 cm³/mol. The van der Waals surface area contributed by atoms with Crippen LogP contribution in [0.3, 0.4) is 0 Å². The van der Waals surface area contributed by atoms with E-state index in [4.69, 9.17) is 22.0 Å². The second-order valence-electron chi connectivity index (χ2n) is 4.51. The Labute approximate surface area is 127 Å². The van der Waals surface area contributed by atoms with Crippen molar-refractivity contribution in [3.05, 3.63) is 28.8 Å². The zero-order chi connectivity index (χ0) is 15.8. The summed E-state index contributed by atoms with van der Waals surface area (Å²) in [5.41, 5.74) is 0.714. The molecule has 7 heteroatoms. The van der Waals surface area contributed by atoms with Gasteiger partial charge >= 0.3 is 12.0 Å². The van der Waals surface area contributed by atoms with Crippen LogP contribution in [0.15, 0.2) is 18.2 Å². The fraction of sp³-hybridized carbons (Fsp3) is 0.357. The molecule has 0 fully saturated rings. The van der Waals surface area contributed by atoms with Crippen LogP contribution in [0.25, 0.3) is 0 Å². The van der Waals surface area contributed by atoms with Gasteiger partial charge in [-0.15, -0.1) is 0 Å². The Morgan fingerprint density at radius 2 is 2.19 bits per heavy atom. The molecule has 1 atom stereocenters. The third kappa shape index (κ3) is 5.71. The van der Waals surface area contributed by atoms with Gasteiger partial charge in [0, 0.05) is 13.0 Å². The number of carbonyl (C=O) groups is 2. The number of carbonyl (C=O) groups excluding carboxylic acids is 1. The summed E-state index contributed by atoms with van der Waals surface area (Å²) in [6.45, 7) is 2.12. The normalized spacial score (nSPS) is 11.3. The lowest BCUT2D eigenvalue weighted by molar-refractivity contribution is -0.138. The molecular weight excluding hydrogens is 294 g/mol. The van der Waals surface area contributed by atoms with Crippen molar-refractivity contribution < 1.29 is 14.7 Å². The zero-order valence-corrected chi connectivity index (χ0v) is 12.3.